The standard InChI is InChI=1S/C12H24N2O2Si/c1-15-17(16-2)13(11-5-3-6-11)9-10-14(17)12-7-4-8-12/h11-12H,3-10H2,1-2H3. The molecule has 1 saturated heterocycles. The van der Waals surface area contributed by atoms with Crippen LogP contribution in [0.5, 0.6) is 0 Å². The highest BCUT2D eigenvalue weighted by Crippen LogP contribution is 2.38. The van der Waals surface area contributed by atoms with Crippen LogP contribution in [0.15, 0.2) is 0 Å². The fourth-order valence-electron chi connectivity index (χ4n) is 3.44. The number of nitrogens with zero attached hydrogens (tertiary/aromatic N) is 2. The van der Waals surface area contributed by atoms with Gasteiger partial charge in [-0.2, -0.15) is 0 Å². The second-order valence-electron chi connectivity index (χ2n) is 5.51. The van der Waals surface area contributed by atoms with Crippen LogP contribution >= 0.6 is 0 Å². The molecular weight excluding hydrogens is 232 g/mol. The van der Waals surface area contributed by atoms with Crippen LogP contribution in [-0.4, -0.2) is 57.4 Å². The predicted octanol–water partition coefficient (Wildman–Crippen LogP) is 1.44. The van der Waals surface area contributed by atoms with E-state index in [0.717, 1.165) is 25.2 Å². The van der Waals surface area contributed by atoms with Crippen LogP contribution < -0.4 is 0 Å². The molecule has 0 N–H and O–H groups in total. The van der Waals surface area contributed by atoms with E-state index < -0.39 is 8.88 Å². The highest BCUT2D eigenvalue weighted by molar-refractivity contribution is 6.62. The molecule has 2 aliphatic carbocycles. The lowest BCUT2D eigenvalue weighted by atomic mass is 9.92. The van der Waals surface area contributed by atoms with E-state index in [1.54, 1.807) is 0 Å². The second kappa shape index (κ2) is 4.62. The highest BCUT2D eigenvalue weighted by Gasteiger charge is 2.60. The Balaban J connectivity index is 1.80. The summed E-state index contributed by atoms with van der Waals surface area (Å²) in [5, 5.41) is 0. The molecule has 3 fully saturated rings. The monoisotopic (exact) mass is 256 g/mol. The van der Waals surface area contributed by atoms with Crippen LogP contribution in [0.3, 0.4) is 0 Å². The molecule has 2 saturated carbocycles. The van der Waals surface area contributed by atoms with Gasteiger partial charge in [0.2, 0.25) is 0 Å². The molecule has 0 radical (unpaired) electrons. The van der Waals surface area contributed by atoms with Crippen molar-refractivity contribution in [1.29, 1.82) is 0 Å². The quantitative estimate of drug-likeness (QED) is 0.711. The molecule has 0 atom stereocenters. The Morgan fingerprint density at radius 2 is 1.24 bits per heavy atom. The molecule has 0 unspecified atom stereocenters. The van der Waals surface area contributed by atoms with Gasteiger partial charge in [0.15, 0.2) is 0 Å². The van der Waals surface area contributed by atoms with Crippen LogP contribution in [-0.2, 0) is 8.85 Å². The van der Waals surface area contributed by atoms with Crippen LogP contribution in [0.25, 0.3) is 0 Å². The summed E-state index contributed by atoms with van der Waals surface area (Å²) < 4.78 is 17.1. The van der Waals surface area contributed by atoms with Crippen molar-refractivity contribution in [2.75, 3.05) is 27.3 Å². The fraction of sp³-hybridized carbons (Fsp3) is 1.00. The summed E-state index contributed by atoms with van der Waals surface area (Å²) >= 11 is 0. The third kappa shape index (κ3) is 1.71. The van der Waals surface area contributed by atoms with Gasteiger partial charge in [-0.25, -0.2) is 0 Å². The maximum Gasteiger partial charge on any atom is 0.522 e. The summed E-state index contributed by atoms with van der Waals surface area (Å²) in [6, 6.07) is 1.46. The van der Waals surface area contributed by atoms with Gasteiger partial charge < -0.3 is 8.85 Å². The molecule has 0 spiro atoms. The van der Waals surface area contributed by atoms with E-state index in [1.807, 2.05) is 14.2 Å². The predicted molar refractivity (Wildman–Crippen MR) is 68.5 cm³/mol. The van der Waals surface area contributed by atoms with E-state index >= 15 is 0 Å². The fourth-order valence-corrected chi connectivity index (χ4v) is 7.08. The van der Waals surface area contributed by atoms with E-state index in [9.17, 15) is 0 Å². The molecular formula is C12H24N2O2Si. The lowest BCUT2D eigenvalue weighted by Gasteiger charge is -2.47. The van der Waals surface area contributed by atoms with Crippen molar-refractivity contribution in [2.45, 2.75) is 50.6 Å². The smallest absolute Gasteiger partial charge is 0.374 e. The summed E-state index contributed by atoms with van der Waals surface area (Å²) in [6.07, 6.45) is 8.09. The average Bonchev–Trinajstić information content (AvgIpc) is 2.54. The summed E-state index contributed by atoms with van der Waals surface area (Å²) in [5.41, 5.74) is 0. The number of rotatable bonds is 4. The molecule has 98 valence electrons. The van der Waals surface area contributed by atoms with Crippen molar-refractivity contribution in [3.63, 3.8) is 0 Å². The zero-order valence-electron chi connectivity index (χ0n) is 11.0. The van der Waals surface area contributed by atoms with Gasteiger partial charge in [0, 0.05) is 39.4 Å². The van der Waals surface area contributed by atoms with Crippen molar-refractivity contribution >= 4 is 8.88 Å². The molecule has 1 aliphatic heterocycles. The SMILES string of the molecule is CO[Si]1(OC)N(C2CCC2)CCN1C1CCC1. The molecule has 0 bridgehead atoms. The van der Waals surface area contributed by atoms with Gasteiger partial charge in [-0.05, 0) is 25.7 Å². The summed E-state index contributed by atoms with van der Waals surface area (Å²) in [5.74, 6) is 0. The van der Waals surface area contributed by atoms with Crippen LogP contribution in [0.2, 0.25) is 0 Å². The Morgan fingerprint density at radius 3 is 1.47 bits per heavy atom. The van der Waals surface area contributed by atoms with Crippen LogP contribution in [0, 0.1) is 0 Å². The molecule has 1 heterocycles. The first-order valence-electron chi connectivity index (χ1n) is 6.95. The first-order valence-corrected chi connectivity index (χ1v) is 8.66. The van der Waals surface area contributed by atoms with Crippen LogP contribution in [0.4, 0.5) is 0 Å². The van der Waals surface area contributed by atoms with Gasteiger partial charge >= 0.3 is 8.88 Å². The Bertz CT molecular complexity index is 254. The maximum atomic E-state index is 5.96. The van der Waals surface area contributed by atoms with E-state index in [1.165, 1.54) is 38.5 Å². The highest BCUT2D eigenvalue weighted by atomic mass is 28.4. The molecule has 3 aliphatic rings. The van der Waals surface area contributed by atoms with Crippen LogP contribution in [0.1, 0.15) is 38.5 Å². The molecule has 17 heavy (non-hydrogen) atoms. The minimum absolute atomic E-state index is 0.728. The molecule has 0 aromatic rings. The Labute approximate surface area is 105 Å². The zero-order chi connectivity index (χ0) is 11.9. The third-order valence-electron chi connectivity index (χ3n) is 4.87. The molecule has 4 nitrogen and oxygen atoms in total. The largest absolute Gasteiger partial charge is 0.522 e. The van der Waals surface area contributed by atoms with Gasteiger partial charge in [-0.3, -0.25) is 9.13 Å². The lowest BCUT2D eigenvalue weighted by Crippen LogP contribution is -2.68. The summed E-state index contributed by atoms with van der Waals surface area (Å²) in [6.45, 7) is 2.30. The lowest BCUT2D eigenvalue weighted by molar-refractivity contribution is 0.0751. The van der Waals surface area contributed by atoms with E-state index in [2.05, 4.69) is 9.13 Å². The summed E-state index contributed by atoms with van der Waals surface area (Å²) in [4.78, 5) is 0. The molecule has 3 rings (SSSR count). The van der Waals surface area contributed by atoms with E-state index in [-0.39, 0.29) is 0 Å². The van der Waals surface area contributed by atoms with Crippen molar-refractivity contribution < 1.29 is 8.85 Å². The Kier molecular flexibility index (Phi) is 3.29. The zero-order valence-corrected chi connectivity index (χ0v) is 12.0. The van der Waals surface area contributed by atoms with Crippen molar-refractivity contribution in [2.24, 2.45) is 0 Å². The minimum Gasteiger partial charge on any atom is -0.374 e. The van der Waals surface area contributed by atoms with E-state index in [0.29, 0.717) is 0 Å². The Morgan fingerprint density at radius 1 is 0.824 bits per heavy atom. The van der Waals surface area contributed by atoms with Gasteiger partial charge in [0.25, 0.3) is 0 Å². The first-order chi connectivity index (χ1) is 8.31. The van der Waals surface area contributed by atoms with Crippen molar-refractivity contribution in [1.82, 2.24) is 9.13 Å². The molecule has 0 aromatic heterocycles. The minimum atomic E-state index is -2.24. The van der Waals surface area contributed by atoms with Gasteiger partial charge in [-0.15, -0.1) is 0 Å². The summed E-state index contributed by atoms with van der Waals surface area (Å²) in [7, 11) is 1.45. The Hall–Kier alpha value is 0.0569. The van der Waals surface area contributed by atoms with Gasteiger partial charge in [0.1, 0.15) is 0 Å². The first kappa shape index (κ1) is 12.1. The van der Waals surface area contributed by atoms with Gasteiger partial charge in [-0.1, -0.05) is 12.8 Å². The normalized spacial score (nSPS) is 31.4. The second-order valence-corrected chi connectivity index (χ2v) is 8.58. The average molecular weight is 256 g/mol. The number of hydrogen-bond acceptors (Lipinski definition) is 4. The van der Waals surface area contributed by atoms with E-state index in [4.69, 9.17) is 8.85 Å². The van der Waals surface area contributed by atoms with Gasteiger partial charge in [0.05, 0.1) is 0 Å². The molecule has 0 aromatic carbocycles. The third-order valence-corrected chi connectivity index (χ3v) is 8.56. The molecule has 0 amide bonds. The maximum absolute atomic E-state index is 5.96. The van der Waals surface area contributed by atoms with Crippen molar-refractivity contribution in [3.8, 4) is 0 Å². The topological polar surface area (TPSA) is 24.9 Å². The van der Waals surface area contributed by atoms with Crippen molar-refractivity contribution in [3.05, 3.63) is 0 Å². The number of hydrogen-bond donors (Lipinski definition) is 0. The molecule has 5 heteroatoms.